The van der Waals surface area contributed by atoms with Crippen LogP contribution in [-0.2, 0) is 11.2 Å². The molecule has 0 saturated carbocycles. The number of nitrogens with two attached hydrogens (primary N) is 1. The van der Waals surface area contributed by atoms with E-state index in [1.54, 1.807) is 19.2 Å². The van der Waals surface area contributed by atoms with E-state index in [9.17, 15) is 4.79 Å². The minimum absolute atomic E-state index is 0.167. The van der Waals surface area contributed by atoms with Crippen molar-refractivity contribution in [3.63, 3.8) is 0 Å². The van der Waals surface area contributed by atoms with E-state index < -0.39 is 0 Å². The van der Waals surface area contributed by atoms with Gasteiger partial charge in [0.1, 0.15) is 5.75 Å². The number of nitrogens with zero attached hydrogens (tertiary/aromatic N) is 1. The van der Waals surface area contributed by atoms with Crippen molar-refractivity contribution in [2.75, 3.05) is 12.8 Å². The van der Waals surface area contributed by atoms with Crippen molar-refractivity contribution in [1.29, 1.82) is 0 Å². The van der Waals surface area contributed by atoms with Gasteiger partial charge >= 0.3 is 0 Å². The predicted octanol–water partition coefficient (Wildman–Crippen LogP) is 2.36. The molecule has 114 valence electrons. The second-order valence-electron chi connectivity index (χ2n) is 4.88. The van der Waals surface area contributed by atoms with Crippen LogP contribution in [0.2, 0.25) is 0 Å². The summed E-state index contributed by atoms with van der Waals surface area (Å²) in [5.41, 5.74) is 11.4. The second kappa shape index (κ2) is 7.26. The molecule has 2 rings (SSSR count). The molecular formula is C17H19N3O2. The number of methoxy groups -OCH3 is 1. The fourth-order valence-corrected chi connectivity index (χ4v) is 1.90. The lowest BCUT2D eigenvalue weighted by atomic mass is 10.1. The first-order valence-corrected chi connectivity index (χ1v) is 6.90. The van der Waals surface area contributed by atoms with Gasteiger partial charge in [-0.05, 0) is 42.3 Å². The van der Waals surface area contributed by atoms with Crippen LogP contribution in [0.5, 0.6) is 5.75 Å². The SMILES string of the molecule is COc1ccc(CC(=O)NN=C(C)c2ccc(N)cc2)cc1. The molecule has 0 fully saturated rings. The van der Waals surface area contributed by atoms with Crippen LogP contribution in [0.1, 0.15) is 18.1 Å². The summed E-state index contributed by atoms with van der Waals surface area (Å²) in [5.74, 6) is 0.598. The average Bonchev–Trinajstić information content (AvgIpc) is 2.54. The number of anilines is 1. The molecule has 2 aromatic carbocycles. The van der Waals surface area contributed by atoms with Crippen LogP contribution >= 0.6 is 0 Å². The van der Waals surface area contributed by atoms with Gasteiger partial charge in [-0.2, -0.15) is 5.10 Å². The van der Waals surface area contributed by atoms with Crippen LogP contribution in [0.15, 0.2) is 53.6 Å². The van der Waals surface area contributed by atoms with Gasteiger partial charge in [0, 0.05) is 5.69 Å². The Bertz CT molecular complexity index is 661. The molecule has 3 N–H and O–H groups in total. The van der Waals surface area contributed by atoms with Crippen molar-refractivity contribution in [2.24, 2.45) is 5.10 Å². The Hall–Kier alpha value is -2.82. The fourth-order valence-electron chi connectivity index (χ4n) is 1.90. The van der Waals surface area contributed by atoms with E-state index in [0.29, 0.717) is 5.69 Å². The standard InChI is InChI=1S/C17H19N3O2/c1-12(14-5-7-15(18)8-6-14)19-20-17(21)11-13-3-9-16(22-2)10-4-13/h3-10H,11,18H2,1-2H3,(H,20,21). The number of carbonyl (C=O) groups is 1. The Morgan fingerprint density at radius 1 is 1.14 bits per heavy atom. The smallest absolute Gasteiger partial charge is 0.244 e. The van der Waals surface area contributed by atoms with Gasteiger partial charge in [-0.15, -0.1) is 0 Å². The van der Waals surface area contributed by atoms with Gasteiger partial charge in [-0.1, -0.05) is 24.3 Å². The maximum atomic E-state index is 11.9. The number of hydrogen-bond acceptors (Lipinski definition) is 4. The molecule has 0 aliphatic carbocycles. The van der Waals surface area contributed by atoms with Crippen molar-refractivity contribution in [3.8, 4) is 5.75 Å². The zero-order valence-electron chi connectivity index (χ0n) is 12.7. The molecular weight excluding hydrogens is 278 g/mol. The van der Waals surface area contributed by atoms with E-state index in [4.69, 9.17) is 10.5 Å². The number of benzene rings is 2. The molecule has 0 saturated heterocycles. The highest BCUT2D eigenvalue weighted by Crippen LogP contribution is 2.11. The molecule has 0 radical (unpaired) electrons. The van der Waals surface area contributed by atoms with E-state index >= 15 is 0 Å². The van der Waals surface area contributed by atoms with Gasteiger partial charge in [0.15, 0.2) is 0 Å². The summed E-state index contributed by atoms with van der Waals surface area (Å²) in [4.78, 5) is 11.9. The molecule has 0 spiro atoms. The average molecular weight is 297 g/mol. The van der Waals surface area contributed by atoms with Gasteiger partial charge in [0.05, 0.1) is 19.2 Å². The van der Waals surface area contributed by atoms with Gasteiger partial charge in [0.25, 0.3) is 0 Å². The summed E-state index contributed by atoms with van der Waals surface area (Å²) < 4.78 is 5.08. The molecule has 0 aromatic heterocycles. The number of ether oxygens (including phenoxy) is 1. The van der Waals surface area contributed by atoms with Crippen molar-refractivity contribution < 1.29 is 9.53 Å². The van der Waals surface area contributed by atoms with Crippen LogP contribution in [-0.4, -0.2) is 18.7 Å². The number of carbonyl (C=O) groups excluding carboxylic acids is 1. The Balaban J connectivity index is 1.93. The lowest BCUT2D eigenvalue weighted by Crippen LogP contribution is -2.21. The van der Waals surface area contributed by atoms with Crippen molar-refractivity contribution in [3.05, 3.63) is 59.7 Å². The van der Waals surface area contributed by atoms with Crippen molar-refractivity contribution >= 4 is 17.3 Å². The quantitative estimate of drug-likeness (QED) is 0.505. The summed E-state index contributed by atoms with van der Waals surface area (Å²) in [6, 6.07) is 14.7. The van der Waals surface area contributed by atoms with Gasteiger partial charge < -0.3 is 10.5 Å². The number of hydrogen-bond donors (Lipinski definition) is 2. The molecule has 0 bridgehead atoms. The van der Waals surface area contributed by atoms with E-state index in [-0.39, 0.29) is 12.3 Å². The van der Waals surface area contributed by atoms with Crippen molar-refractivity contribution in [2.45, 2.75) is 13.3 Å². The van der Waals surface area contributed by atoms with Crippen LogP contribution < -0.4 is 15.9 Å². The first kappa shape index (κ1) is 15.6. The summed E-state index contributed by atoms with van der Waals surface area (Å²) in [5, 5.41) is 4.11. The molecule has 2 aromatic rings. The minimum atomic E-state index is -0.167. The second-order valence-corrected chi connectivity index (χ2v) is 4.88. The highest BCUT2D eigenvalue weighted by Gasteiger charge is 2.04. The molecule has 0 aliphatic rings. The molecule has 0 heterocycles. The number of nitrogen functional groups attached to an aromatic ring is 1. The molecule has 0 atom stereocenters. The third-order valence-corrected chi connectivity index (χ3v) is 3.20. The first-order valence-electron chi connectivity index (χ1n) is 6.90. The topological polar surface area (TPSA) is 76.7 Å². The van der Waals surface area contributed by atoms with E-state index in [1.807, 2.05) is 43.3 Å². The van der Waals surface area contributed by atoms with E-state index in [0.717, 1.165) is 22.6 Å². The lowest BCUT2D eigenvalue weighted by molar-refractivity contribution is -0.120. The summed E-state index contributed by atoms with van der Waals surface area (Å²) in [7, 11) is 1.61. The van der Waals surface area contributed by atoms with Gasteiger partial charge in [-0.25, -0.2) is 5.43 Å². The minimum Gasteiger partial charge on any atom is -0.497 e. The molecule has 0 unspecified atom stereocenters. The Morgan fingerprint density at radius 3 is 2.36 bits per heavy atom. The molecule has 0 aliphatic heterocycles. The van der Waals surface area contributed by atoms with Crippen LogP contribution in [0.25, 0.3) is 0 Å². The molecule has 5 heteroatoms. The number of nitrogens with one attached hydrogen (secondary N) is 1. The van der Waals surface area contributed by atoms with Crippen LogP contribution in [0.4, 0.5) is 5.69 Å². The maximum absolute atomic E-state index is 11.9. The number of rotatable bonds is 5. The Morgan fingerprint density at radius 2 is 1.77 bits per heavy atom. The Labute approximate surface area is 129 Å². The largest absolute Gasteiger partial charge is 0.497 e. The fraction of sp³-hybridized carbons (Fsp3) is 0.176. The van der Waals surface area contributed by atoms with Gasteiger partial charge in [0.2, 0.25) is 5.91 Å². The number of hydrazone groups is 1. The lowest BCUT2D eigenvalue weighted by Gasteiger charge is -2.04. The van der Waals surface area contributed by atoms with E-state index in [1.165, 1.54) is 0 Å². The van der Waals surface area contributed by atoms with Gasteiger partial charge in [-0.3, -0.25) is 4.79 Å². The summed E-state index contributed by atoms with van der Waals surface area (Å²) in [6.45, 7) is 1.83. The first-order chi connectivity index (χ1) is 10.6. The zero-order valence-corrected chi connectivity index (χ0v) is 12.7. The molecule has 1 amide bonds. The van der Waals surface area contributed by atoms with E-state index in [2.05, 4.69) is 10.5 Å². The van der Waals surface area contributed by atoms with Crippen LogP contribution in [0, 0.1) is 0 Å². The van der Waals surface area contributed by atoms with Crippen LogP contribution in [0.3, 0.4) is 0 Å². The maximum Gasteiger partial charge on any atom is 0.244 e. The summed E-state index contributed by atoms with van der Waals surface area (Å²) >= 11 is 0. The third kappa shape index (κ3) is 4.34. The molecule has 22 heavy (non-hydrogen) atoms. The zero-order chi connectivity index (χ0) is 15.9. The normalized spacial score (nSPS) is 11.1. The Kier molecular flexibility index (Phi) is 5.14. The highest BCUT2D eigenvalue weighted by atomic mass is 16.5. The molecule has 5 nitrogen and oxygen atoms in total. The highest BCUT2D eigenvalue weighted by molar-refractivity contribution is 5.99. The number of amides is 1. The monoisotopic (exact) mass is 297 g/mol. The predicted molar refractivity (Wildman–Crippen MR) is 87.9 cm³/mol. The summed E-state index contributed by atoms with van der Waals surface area (Å²) in [6.07, 6.45) is 0.266. The van der Waals surface area contributed by atoms with Crippen molar-refractivity contribution in [1.82, 2.24) is 5.43 Å². The third-order valence-electron chi connectivity index (χ3n) is 3.20.